The monoisotopic (exact) mass is 320 g/mol. The first kappa shape index (κ1) is 16.8. The lowest BCUT2D eigenvalue weighted by atomic mass is 10.0. The predicted molar refractivity (Wildman–Crippen MR) is 80.8 cm³/mol. The zero-order valence-corrected chi connectivity index (χ0v) is 12.1. The molecule has 0 saturated carbocycles. The van der Waals surface area contributed by atoms with Crippen molar-refractivity contribution in [3.8, 4) is 6.07 Å². The molecule has 2 rings (SSSR count). The number of nitrogens with zero attached hydrogens (tertiary/aromatic N) is 1. The maximum Gasteiger partial charge on any atom is 0.417 e. The fourth-order valence-electron chi connectivity index (χ4n) is 2.26. The van der Waals surface area contributed by atoms with Crippen molar-refractivity contribution >= 4 is 5.69 Å². The van der Waals surface area contributed by atoms with Crippen molar-refractivity contribution in [3.05, 3.63) is 65.2 Å². The van der Waals surface area contributed by atoms with Gasteiger partial charge in [0, 0.05) is 5.69 Å². The van der Waals surface area contributed by atoms with Crippen molar-refractivity contribution in [1.82, 2.24) is 0 Å². The molecule has 0 radical (unpaired) electrons. The average Bonchev–Trinajstić information content (AvgIpc) is 2.54. The van der Waals surface area contributed by atoms with E-state index in [4.69, 9.17) is 5.26 Å². The summed E-state index contributed by atoms with van der Waals surface area (Å²) in [6, 6.07) is 13.9. The van der Waals surface area contributed by atoms with Crippen LogP contribution in [-0.2, 0) is 12.6 Å². The highest BCUT2D eigenvalue weighted by atomic mass is 19.4. The molecule has 1 atom stereocenters. The molecule has 0 aliphatic heterocycles. The summed E-state index contributed by atoms with van der Waals surface area (Å²) in [6.07, 6.45) is -4.13. The van der Waals surface area contributed by atoms with Gasteiger partial charge in [0.2, 0.25) is 0 Å². The number of hydrogen-bond donors (Lipinski definition) is 2. The molecule has 6 heteroatoms. The van der Waals surface area contributed by atoms with E-state index in [0.717, 1.165) is 17.7 Å². The number of alkyl halides is 3. The van der Waals surface area contributed by atoms with E-state index in [9.17, 15) is 18.3 Å². The van der Waals surface area contributed by atoms with Crippen LogP contribution in [-0.4, -0.2) is 17.8 Å². The van der Waals surface area contributed by atoms with Crippen molar-refractivity contribution in [2.24, 2.45) is 0 Å². The maximum absolute atomic E-state index is 13.0. The molecule has 0 heterocycles. The third-order valence-electron chi connectivity index (χ3n) is 3.36. The molecule has 0 fully saturated rings. The summed E-state index contributed by atoms with van der Waals surface area (Å²) >= 11 is 0. The Morgan fingerprint density at radius 2 is 1.83 bits per heavy atom. The zero-order valence-electron chi connectivity index (χ0n) is 12.1. The van der Waals surface area contributed by atoms with Crippen molar-refractivity contribution in [1.29, 1.82) is 5.26 Å². The molecule has 2 aromatic carbocycles. The first-order chi connectivity index (χ1) is 10.9. The quantitative estimate of drug-likeness (QED) is 0.885. The Bertz CT molecular complexity index is 693. The molecule has 3 nitrogen and oxygen atoms in total. The fraction of sp³-hybridized carbons (Fsp3) is 0.235. The smallest absolute Gasteiger partial charge is 0.394 e. The molecule has 2 aromatic rings. The summed E-state index contributed by atoms with van der Waals surface area (Å²) in [6.45, 7) is -0.226. The molecular weight excluding hydrogens is 305 g/mol. The van der Waals surface area contributed by atoms with Gasteiger partial charge < -0.3 is 10.4 Å². The number of aliphatic hydroxyl groups excluding tert-OH is 1. The van der Waals surface area contributed by atoms with E-state index in [1.807, 2.05) is 30.3 Å². The summed E-state index contributed by atoms with van der Waals surface area (Å²) in [7, 11) is 0. The van der Waals surface area contributed by atoms with Gasteiger partial charge in [0.25, 0.3) is 0 Å². The predicted octanol–water partition coefficient (Wildman–Crippen LogP) is 3.59. The lowest BCUT2D eigenvalue weighted by Gasteiger charge is -2.19. The summed E-state index contributed by atoms with van der Waals surface area (Å²) in [4.78, 5) is 0. The standard InChI is InChI=1S/C17H15F3N2O/c18-17(19,20)16-9-14(7-6-13(16)10-21)22-15(11-23)8-12-4-2-1-3-5-12/h1-7,9,15,22-23H,8,11H2. The number of halogens is 3. The van der Waals surface area contributed by atoms with E-state index in [2.05, 4.69) is 5.32 Å². The molecule has 120 valence electrons. The van der Waals surface area contributed by atoms with E-state index < -0.39 is 23.3 Å². The molecule has 0 aliphatic carbocycles. The SMILES string of the molecule is N#Cc1ccc(NC(CO)Cc2ccccc2)cc1C(F)(F)F. The van der Waals surface area contributed by atoms with Gasteiger partial charge >= 0.3 is 6.18 Å². The van der Waals surface area contributed by atoms with Gasteiger partial charge in [0.05, 0.1) is 29.8 Å². The van der Waals surface area contributed by atoms with Gasteiger partial charge in [-0.25, -0.2) is 0 Å². The second-order valence-corrected chi connectivity index (χ2v) is 5.08. The van der Waals surface area contributed by atoms with Crippen LogP contribution in [0.15, 0.2) is 48.5 Å². The van der Waals surface area contributed by atoms with E-state index >= 15 is 0 Å². The van der Waals surface area contributed by atoms with E-state index in [1.165, 1.54) is 12.1 Å². The van der Waals surface area contributed by atoms with Crippen LogP contribution in [0.3, 0.4) is 0 Å². The van der Waals surface area contributed by atoms with Crippen molar-refractivity contribution in [2.45, 2.75) is 18.6 Å². The number of anilines is 1. The van der Waals surface area contributed by atoms with Crippen LogP contribution < -0.4 is 5.32 Å². The minimum absolute atomic E-state index is 0.214. The second-order valence-electron chi connectivity index (χ2n) is 5.08. The van der Waals surface area contributed by atoms with Gasteiger partial charge in [-0.2, -0.15) is 18.4 Å². The number of benzene rings is 2. The Kier molecular flexibility index (Phi) is 5.24. The molecule has 23 heavy (non-hydrogen) atoms. The van der Waals surface area contributed by atoms with Gasteiger partial charge in [0.1, 0.15) is 0 Å². The van der Waals surface area contributed by atoms with Crippen molar-refractivity contribution < 1.29 is 18.3 Å². The lowest BCUT2D eigenvalue weighted by Crippen LogP contribution is -2.26. The Morgan fingerprint density at radius 3 is 2.39 bits per heavy atom. The minimum Gasteiger partial charge on any atom is -0.394 e. The molecular formula is C17H15F3N2O. The molecule has 1 unspecified atom stereocenters. The highest BCUT2D eigenvalue weighted by molar-refractivity contribution is 5.53. The lowest BCUT2D eigenvalue weighted by molar-refractivity contribution is -0.137. The Labute approximate surface area is 132 Å². The Hall–Kier alpha value is -2.52. The van der Waals surface area contributed by atoms with E-state index in [0.29, 0.717) is 6.42 Å². The van der Waals surface area contributed by atoms with Crippen LogP contribution in [0, 0.1) is 11.3 Å². The maximum atomic E-state index is 13.0. The molecule has 0 spiro atoms. The minimum atomic E-state index is -4.60. The van der Waals surface area contributed by atoms with Crippen LogP contribution in [0.5, 0.6) is 0 Å². The Morgan fingerprint density at radius 1 is 1.13 bits per heavy atom. The van der Waals surface area contributed by atoms with Crippen LogP contribution in [0.4, 0.5) is 18.9 Å². The van der Waals surface area contributed by atoms with Crippen LogP contribution in [0.25, 0.3) is 0 Å². The average molecular weight is 320 g/mol. The number of aliphatic hydroxyl groups is 1. The summed E-state index contributed by atoms with van der Waals surface area (Å²) in [5.41, 5.74) is -0.233. The highest BCUT2D eigenvalue weighted by Crippen LogP contribution is 2.33. The first-order valence-electron chi connectivity index (χ1n) is 6.96. The fourth-order valence-corrected chi connectivity index (χ4v) is 2.26. The van der Waals surface area contributed by atoms with E-state index in [1.54, 1.807) is 0 Å². The van der Waals surface area contributed by atoms with Crippen LogP contribution in [0.1, 0.15) is 16.7 Å². The largest absolute Gasteiger partial charge is 0.417 e. The molecule has 0 aliphatic rings. The Balaban J connectivity index is 2.20. The van der Waals surface area contributed by atoms with E-state index in [-0.39, 0.29) is 12.3 Å². The van der Waals surface area contributed by atoms with Gasteiger partial charge in [-0.05, 0) is 30.2 Å². The third kappa shape index (κ3) is 4.47. The number of nitriles is 1. The number of hydrogen-bond acceptors (Lipinski definition) is 3. The highest BCUT2D eigenvalue weighted by Gasteiger charge is 2.33. The normalized spacial score (nSPS) is 12.5. The van der Waals surface area contributed by atoms with Gasteiger partial charge in [-0.3, -0.25) is 0 Å². The topological polar surface area (TPSA) is 56.0 Å². The molecule has 0 aromatic heterocycles. The number of rotatable bonds is 5. The van der Waals surface area contributed by atoms with Gasteiger partial charge in [-0.1, -0.05) is 30.3 Å². The molecule has 0 saturated heterocycles. The summed E-state index contributed by atoms with van der Waals surface area (Å²) in [5.74, 6) is 0. The molecule has 0 bridgehead atoms. The van der Waals surface area contributed by atoms with Gasteiger partial charge in [-0.15, -0.1) is 0 Å². The van der Waals surface area contributed by atoms with Crippen molar-refractivity contribution in [2.75, 3.05) is 11.9 Å². The first-order valence-corrected chi connectivity index (χ1v) is 6.96. The number of nitrogens with one attached hydrogen (secondary N) is 1. The van der Waals surface area contributed by atoms with Gasteiger partial charge in [0.15, 0.2) is 0 Å². The second kappa shape index (κ2) is 7.16. The van der Waals surface area contributed by atoms with Crippen LogP contribution >= 0.6 is 0 Å². The van der Waals surface area contributed by atoms with Crippen LogP contribution in [0.2, 0.25) is 0 Å². The molecule has 0 amide bonds. The van der Waals surface area contributed by atoms with Crippen molar-refractivity contribution in [3.63, 3.8) is 0 Å². The summed E-state index contributed by atoms with van der Waals surface area (Å²) in [5, 5.41) is 21.1. The zero-order chi connectivity index (χ0) is 16.9. The summed E-state index contributed by atoms with van der Waals surface area (Å²) < 4.78 is 38.9. The third-order valence-corrected chi connectivity index (χ3v) is 3.36. The molecule has 2 N–H and O–H groups in total.